The number of ether oxygens (including phenoxy) is 2. The highest BCUT2D eigenvalue weighted by atomic mass is 35.5. The van der Waals surface area contributed by atoms with E-state index in [-0.39, 0.29) is 11.7 Å². The molecule has 1 aliphatic heterocycles. The van der Waals surface area contributed by atoms with Gasteiger partial charge in [-0.1, -0.05) is 29.8 Å². The lowest BCUT2D eigenvalue weighted by Gasteiger charge is -2.26. The molecule has 7 nitrogen and oxygen atoms in total. The van der Waals surface area contributed by atoms with Gasteiger partial charge in [0.15, 0.2) is 5.78 Å². The zero-order valence-electron chi connectivity index (χ0n) is 19.9. The second-order valence-corrected chi connectivity index (χ2v) is 8.80. The third-order valence-electron chi connectivity index (χ3n) is 5.79. The van der Waals surface area contributed by atoms with E-state index < -0.39 is 0 Å². The molecule has 1 saturated heterocycles. The molecule has 4 rings (SSSR count). The van der Waals surface area contributed by atoms with Crippen LogP contribution in [-0.4, -0.2) is 54.5 Å². The highest BCUT2D eigenvalue weighted by molar-refractivity contribution is 6.32. The first-order valence-electron chi connectivity index (χ1n) is 11.8. The summed E-state index contributed by atoms with van der Waals surface area (Å²) in [4.78, 5) is 30.5. The molecule has 3 aromatic rings. The first-order valence-corrected chi connectivity index (χ1v) is 12.2. The van der Waals surface area contributed by atoms with Gasteiger partial charge in [-0.15, -0.1) is 0 Å². The molecular formula is C28H28ClN3O4. The Morgan fingerprint density at radius 3 is 2.50 bits per heavy atom. The molecule has 0 radical (unpaired) electrons. The van der Waals surface area contributed by atoms with Gasteiger partial charge >= 0.3 is 0 Å². The van der Waals surface area contributed by atoms with E-state index in [1.54, 1.807) is 24.4 Å². The maximum absolute atomic E-state index is 12.6. The van der Waals surface area contributed by atoms with Crippen LogP contribution in [-0.2, 0) is 9.53 Å². The number of carbonyl (C=O) groups is 2. The average molecular weight is 506 g/mol. The molecule has 186 valence electrons. The molecule has 0 aliphatic carbocycles. The number of nitrogens with zero attached hydrogens (tertiary/aromatic N) is 2. The number of halogens is 1. The summed E-state index contributed by atoms with van der Waals surface area (Å²) in [5, 5.41) is 0.489. The third-order valence-corrected chi connectivity index (χ3v) is 6.09. The van der Waals surface area contributed by atoms with Crippen molar-refractivity contribution in [3.63, 3.8) is 0 Å². The lowest BCUT2D eigenvalue weighted by Crippen LogP contribution is -2.40. The zero-order chi connectivity index (χ0) is 25.3. The SMILES string of the molecule is Nc1ccc(/C=C/C(=O)CCCOc2ccc(-c3ccc(C(=O)N4CCOCC4)cc3)cc2Cl)cn1. The highest BCUT2D eigenvalue weighted by Crippen LogP contribution is 2.31. The van der Waals surface area contributed by atoms with Crippen LogP contribution >= 0.6 is 11.6 Å². The maximum Gasteiger partial charge on any atom is 0.254 e. The van der Waals surface area contributed by atoms with Crippen molar-refractivity contribution in [1.29, 1.82) is 0 Å². The number of allylic oxidation sites excluding steroid dienone is 1. The summed E-state index contributed by atoms with van der Waals surface area (Å²) in [6.07, 6.45) is 5.81. The molecule has 0 spiro atoms. The van der Waals surface area contributed by atoms with Crippen LogP contribution in [0.4, 0.5) is 5.82 Å². The number of nitrogen functional groups attached to an aromatic ring is 1. The van der Waals surface area contributed by atoms with Crippen molar-refractivity contribution in [1.82, 2.24) is 9.88 Å². The summed E-state index contributed by atoms with van der Waals surface area (Å²) in [5.74, 6) is 1.03. The van der Waals surface area contributed by atoms with Crippen molar-refractivity contribution in [3.05, 3.63) is 83.0 Å². The fraction of sp³-hybridized carbons (Fsp3) is 0.250. The van der Waals surface area contributed by atoms with E-state index in [0.717, 1.165) is 16.7 Å². The van der Waals surface area contributed by atoms with E-state index in [2.05, 4.69) is 4.98 Å². The standard InChI is InChI=1S/C28H28ClN3O4/c29-25-18-23(21-5-7-22(8-6-21)28(34)32-13-16-35-17-14-32)9-11-26(25)36-15-1-2-24(33)10-3-20-4-12-27(30)31-19-20/h3-12,18-19H,1-2,13-17H2,(H2,30,31)/b10-3+. The van der Waals surface area contributed by atoms with Gasteiger partial charge in [-0.25, -0.2) is 4.98 Å². The molecule has 1 aliphatic rings. The normalized spacial score (nSPS) is 13.6. The highest BCUT2D eigenvalue weighted by Gasteiger charge is 2.18. The Morgan fingerprint density at radius 1 is 1.06 bits per heavy atom. The molecule has 2 heterocycles. The quantitative estimate of drug-likeness (QED) is 0.328. The lowest BCUT2D eigenvalue weighted by molar-refractivity contribution is -0.114. The summed E-state index contributed by atoms with van der Waals surface area (Å²) in [7, 11) is 0. The van der Waals surface area contributed by atoms with Gasteiger partial charge in [-0.3, -0.25) is 9.59 Å². The molecule has 1 amide bonds. The van der Waals surface area contributed by atoms with Gasteiger partial charge in [-0.2, -0.15) is 0 Å². The number of anilines is 1. The van der Waals surface area contributed by atoms with Crippen molar-refractivity contribution in [3.8, 4) is 16.9 Å². The number of ketones is 1. The van der Waals surface area contributed by atoms with Gasteiger partial charge in [0.1, 0.15) is 11.6 Å². The van der Waals surface area contributed by atoms with Crippen LogP contribution in [0.25, 0.3) is 17.2 Å². The summed E-state index contributed by atoms with van der Waals surface area (Å²) >= 11 is 6.44. The van der Waals surface area contributed by atoms with E-state index in [1.165, 1.54) is 6.08 Å². The Balaban J connectivity index is 1.26. The largest absolute Gasteiger partial charge is 0.492 e. The number of hydrogen-bond donors (Lipinski definition) is 1. The van der Waals surface area contributed by atoms with Gasteiger partial charge in [0.2, 0.25) is 0 Å². The minimum atomic E-state index is 0.00687. The number of rotatable bonds is 9. The topological polar surface area (TPSA) is 94.8 Å². The number of amides is 1. The molecule has 2 aromatic carbocycles. The van der Waals surface area contributed by atoms with Gasteiger partial charge < -0.3 is 20.1 Å². The fourth-order valence-electron chi connectivity index (χ4n) is 3.77. The van der Waals surface area contributed by atoms with Crippen LogP contribution in [0.15, 0.2) is 66.9 Å². The lowest BCUT2D eigenvalue weighted by atomic mass is 10.0. The number of benzene rings is 2. The molecule has 0 atom stereocenters. The zero-order valence-corrected chi connectivity index (χ0v) is 20.6. The van der Waals surface area contributed by atoms with Crippen molar-refractivity contribution >= 4 is 35.2 Å². The Morgan fingerprint density at radius 2 is 1.81 bits per heavy atom. The molecule has 1 fully saturated rings. The van der Waals surface area contributed by atoms with Crippen LogP contribution in [0, 0.1) is 0 Å². The van der Waals surface area contributed by atoms with Crippen molar-refractivity contribution in [2.45, 2.75) is 12.8 Å². The van der Waals surface area contributed by atoms with E-state index >= 15 is 0 Å². The number of hydrogen-bond acceptors (Lipinski definition) is 6. The minimum absolute atomic E-state index is 0.00687. The van der Waals surface area contributed by atoms with Crippen LogP contribution in [0.5, 0.6) is 5.75 Å². The molecular weight excluding hydrogens is 478 g/mol. The van der Waals surface area contributed by atoms with E-state index in [9.17, 15) is 9.59 Å². The van der Waals surface area contributed by atoms with Gasteiger partial charge in [0.05, 0.1) is 24.8 Å². The monoisotopic (exact) mass is 505 g/mol. The summed E-state index contributed by atoms with van der Waals surface area (Å²) < 4.78 is 11.1. The molecule has 1 aromatic heterocycles. The molecule has 0 unspecified atom stereocenters. The predicted octanol–water partition coefficient (Wildman–Crippen LogP) is 4.90. The average Bonchev–Trinajstić information content (AvgIpc) is 2.91. The Labute approximate surface area is 215 Å². The third kappa shape index (κ3) is 6.93. The number of carbonyl (C=O) groups excluding carboxylic acids is 2. The maximum atomic E-state index is 12.6. The Hall–Kier alpha value is -3.68. The summed E-state index contributed by atoms with van der Waals surface area (Å²) in [5.41, 5.74) is 8.91. The Bertz CT molecular complexity index is 1220. The van der Waals surface area contributed by atoms with Crippen molar-refractivity contribution < 1.29 is 19.1 Å². The van der Waals surface area contributed by atoms with E-state index in [1.807, 2.05) is 47.4 Å². The summed E-state index contributed by atoms with van der Waals surface area (Å²) in [6.45, 7) is 2.76. The Kier molecular flexibility index (Phi) is 8.71. The first kappa shape index (κ1) is 25.4. The molecule has 0 saturated carbocycles. The van der Waals surface area contributed by atoms with Gasteiger partial charge in [-0.05, 0) is 71.7 Å². The first-order chi connectivity index (χ1) is 17.5. The second-order valence-electron chi connectivity index (χ2n) is 8.40. The smallest absolute Gasteiger partial charge is 0.254 e. The molecule has 2 N–H and O–H groups in total. The van der Waals surface area contributed by atoms with E-state index in [0.29, 0.717) is 67.9 Å². The van der Waals surface area contributed by atoms with Gasteiger partial charge in [0.25, 0.3) is 5.91 Å². The van der Waals surface area contributed by atoms with Gasteiger partial charge in [0, 0.05) is 31.3 Å². The van der Waals surface area contributed by atoms with Crippen molar-refractivity contribution in [2.24, 2.45) is 0 Å². The van der Waals surface area contributed by atoms with Crippen molar-refractivity contribution in [2.75, 3.05) is 38.6 Å². The van der Waals surface area contributed by atoms with Crippen LogP contribution < -0.4 is 10.5 Å². The number of morpholine rings is 1. The predicted molar refractivity (Wildman–Crippen MR) is 141 cm³/mol. The summed E-state index contributed by atoms with van der Waals surface area (Å²) in [6, 6.07) is 16.6. The molecule has 0 bridgehead atoms. The fourth-order valence-corrected chi connectivity index (χ4v) is 4.00. The van der Waals surface area contributed by atoms with Crippen LogP contribution in [0.2, 0.25) is 5.02 Å². The van der Waals surface area contributed by atoms with Crippen LogP contribution in [0.1, 0.15) is 28.8 Å². The molecule has 36 heavy (non-hydrogen) atoms. The number of nitrogens with two attached hydrogens (primary N) is 1. The van der Waals surface area contributed by atoms with E-state index in [4.69, 9.17) is 26.8 Å². The number of aromatic nitrogens is 1. The minimum Gasteiger partial charge on any atom is -0.492 e. The number of pyridine rings is 1. The second kappa shape index (κ2) is 12.3. The van der Waals surface area contributed by atoms with Crippen LogP contribution in [0.3, 0.4) is 0 Å². The molecule has 8 heteroatoms.